The summed E-state index contributed by atoms with van der Waals surface area (Å²) in [6.07, 6.45) is 0.397. The highest BCUT2D eigenvalue weighted by atomic mass is 32.1. The minimum atomic E-state index is -0.891. The number of aromatic nitrogens is 1. The molecule has 0 radical (unpaired) electrons. The number of hydrogen-bond donors (Lipinski definition) is 1. The predicted molar refractivity (Wildman–Crippen MR) is 70.4 cm³/mol. The Hall–Kier alpha value is -1.47. The van der Waals surface area contributed by atoms with Gasteiger partial charge in [-0.05, 0) is 12.3 Å². The van der Waals surface area contributed by atoms with Crippen LogP contribution < -0.4 is 4.90 Å². The van der Waals surface area contributed by atoms with E-state index in [1.54, 1.807) is 7.05 Å². The minimum absolute atomic E-state index is 0.0898. The van der Waals surface area contributed by atoms with Crippen molar-refractivity contribution in [1.29, 1.82) is 0 Å². The standard InChI is InChI=1S/C12H15N3O3S/c1-6-3-7-10(8(16)4-6)19-11(13-7)15-9(17)5-14(2)12(15)18/h6,9,17H,3-5H2,1-2H3. The molecule has 6 nitrogen and oxygen atoms in total. The molecule has 2 heterocycles. The van der Waals surface area contributed by atoms with E-state index in [2.05, 4.69) is 4.98 Å². The van der Waals surface area contributed by atoms with Crippen LogP contribution in [0, 0.1) is 5.92 Å². The van der Waals surface area contributed by atoms with E-state index in [9.17, 15) is 14.7 Å². The molecule has 0 saturated carbocycles. The number of nitrogens with zero attached hydrogens (tertiary/aromatic N) is 3. The lowest BCUT2D eigenvalue weighted by Gasteiger charge is -2.15. The third kappa shape index (κ3) is 1.93. The van der Waals surface area contributed by atoms with Crippen LogP contribution in [0.5, 0.6) is 0 Å². The average molecular weight is 281 g/mol. The van der Waals surface area contributed by atoms with Gasteiger partial charge in [0.1, 0.15) is 0 Å². The van der Waals surface area contributed by atoms with Gasteiger partial charge in [0.2, 0.25) is 0 Å². The summed E-state index contributed by atoms with van der Waals surface area (Å²) in [5.74, 6) is 0.379. The summed E-state index contributed by atoms with van der Waals surface area (Å²) in [6, 6.07) is -0.279. The number of ketones is 1. The normalized spacial score (nSPS) is 27.1. The van der Waals surface area contributed by atoms with E-state index in [1.807, 2.05) is 6.92 Å². The first-order valence-electron chi connectivity index (χ1n) is 6.22. The summed E-state index contributed by atoms with van der Waals surface area (Å²) < 4.78 is 0. The fourth-order valence-corrected chi connectivity index (χ4v) is 3.62. The average Bonchev–Trinajstić information content (AvgIpc) is 2.81. The Balaban J connectivity index is 1.97. The largest absolute Gasteiger partial charge is 0.371 e. The van der Waals surface area contributed by atoms with Crippen molar-refractivity contribution in [2.75, 3.05) is 18.5 Å². The Labute approximate surface area is 114 Å². The van der Waals surface area contributed by atoms with Crippen molar-refractivity contribution < 1.29 is 14.7 Å². The Morgan fingerprint density at radius 3 is 2.74 bits per heavy atom. The van der Waals surface area contributed by atoms with Crippen molar-refractivity contribution in [3.8, 4) is 0 Å². The first kappa shape index (κ1) is 12.6. The maximum atomic E-state index is 11.9. The molecule has 19 heavy (non-hydrogen) atoms. The maximum absolute atomic E-state index is 11.9. The number of anilines is 1. The zero-order valence-electron chi connectivity index (χ0n) is 10.8. The Bertz CT molecular complexity index is 556. The second-order valence-corrected chi connectivity index (χ2v) is 6.20. The molecule has 7 heteroatoms. The molecule has 2 unspecified atom stereocenters. The van der Waals surface area contributed by atoms with Crippen LogP contribution in [0.1, 0.15) is 28.7 Å². The third-order valence-electron chi connectivity index (χ3n) is 3.49. The van der Waals surface area contributed by atoms with E-state index >= 15 is 0 Å². The smallest absolute Gasteiger partial charge is 0.328 e. The van der Waals surface area contributed by atoms with E-state index < -0.39 is 6.23 Å². The van der Waals surface area contributed by atoms with Gasteiger partial charge < -0.3 is 10.0 Å². The fraction of sp³-hybridized carbons (Fsp3) is 0.583. The number of aliphatic hydroxyl groups excluding tert-OH is 1. The van der Waals surface area contributed by atoms with Gasteiger partial charge in [-0.2, -0.15) is 0 Å². The summed E-state index contributed by atoms with van der Waals surface area (Å²) in [4.78, 5) is 31.6. The van der Waals surface area contributed by atoms with Gasteiger partial charge in [0.15, 0.2) is 17.1 Å². The molecule has 2 amide bonds. The van der Waals surface area contributed by atoms with Crippen LogP contribution >= 0.6 is 11.3 Å². The number of aliphatic hydroxyl groups is 1. The Kier molecular flexibility index (Phi) is 2.83. The lowest BCUT2D eigenvalue weighted by Crippen LogP contribution is -2.34. The van der Waals surface area contributed by atoms with Crippen LogP contribution in [0.15, 0.2) is 0 Å². The molecule has 1 aromatic heterocycles. The molecule has 1 aromatic rings. The number of carbonyl (C=O) groups is 2. The molecular formula is C12H15N3O3S. The maximum Gasteiger partial charge on any atom is 0.328 e. The minimum Gasteiger partial charge on any atom is -0.371 e. The van der Waals surface area contributed by atoms with Crippen LogP contribution in [0.4, 0.5) is 9.93 Å². The molecule has 102 valence electrons. The number of amides is 2. The van der Waals surface area contributed by atoms with Crippen LogP contribution in [-0.4, -0.2) is 46.6 Å². The summed E-state index contributed by atoms with van der Waals surface area (Å²) >= 11 is 1.21. The Morgan fingerprint density at radius 2 is 2.11 bits per heavy atom. The first-order chi connectivity index (χ1) is 8.97. The first-order valence-corrected chi connectivity index (χ1v) is 7.04. The fourth-order valence-electron chi connectivity index (χ4n) is 2.54. The molecule has 0 spiro atoms. The molecule has 1 aliphatic heterocycles. The summed E-state index contributed by atoms with van der Waals surface area (Å²) in [5, 5.41) is 10.3. The highest BCUT2D eigenvalue weighted by Gasteiger charge is 2.38. The molecule has 1 N–H and O–H groups in total. The van der Waals surface area contributed by atoms with Gasteiger partial charge in [0.25, 0.3) is 0 Å². The van der Waals surface area contributed by atoms with Gasteiger partial charge in [0.05, 0.1) is 17.1 Å². The molecule has 1 saturated heterocycles. The van der Waals surface area contributed by atoms with E-state index in [0.717, 1.165) is 12.1 Å². The van der Waals surface area contributed by atoms with Crippen LogP contribution in [0.2, 0.25) is 0 Å². The highest BCUT2D eigenvalue weighted by molar-refractivity contribution is 7.17. The van der Waals surface area contributed by atoms with Gasteiger partial charge in [0, 0.05) is 13.5 Å². The topological polar surface area (TPSA) is 73.7 Å². The number of rotatable bonds is 1. The van der Waals surface area contributed by atoms with E-state index in [1.165, 1.54) is 21.1 Å². The molecule has 3 rings (SSSR count). The zero-order valence-corrected chi connectivity index (χ0v) is 11.6. The van der Waals surface area contributed by atoms with Crippen molar-refractivity contribution >= 4 is 28.3 Å². The number of β-amino-alcohol motifs (C(OH)–C–C–N with tert-alkyl or cyclic N) is 1. The zero-order chi connectivity index (χ0) is 13.7. The van der Waals surface area contributed by atoms with E-state index in [0.29, 0.717) is 16.4 Å². The van der Waals surface area contributed by atoms with Crippen molar-refractivity contribution in [3.63, 3.8) is 0 Å². The SMILES string of the molecule is CC1CC(=O)c2sc(N3C(=O)N(C)CC3O)nc2C1. The van der Waals surface area contributed by atoms with Gasteiger partial charge in [-0.25, -0.2) is 14.7 Å². The van der Waals surface area contributed by atoms with Gasteiger partial charge in [-0.15, -0.1) is 0 Å². The second-order valence-electron chi connectivity index (χ2n) is 5.22. The van der Waals surface area contributed by atoms with E-state index in [-0.39, 0.29) is 24.3 Å². The molecule has 0 bridgehead atoms. The molecule has 1 fully saturated rings. The van der Waals surface area contributed by atoms with Gasteiger partial charge >= 0.3 is 6.03 Å². The second kappa shape index (κ2) is 4.28. The monoisotopic (exact) mass is 281 g/mol. The molecule has 1 aliphatic carbocycles. The summed E-state index contributed by atoms with van der Waals surface area (Å²) in [6.45, 7) is 2.27. The van der Waals surface area contributed by atoms with Crippen molar-refractivity contribution in [3.05, 3.63) is 10.6 Å². The number of fused-ring (bicyclic) bond motifs is 1. The molecular weight excluding hydrogens is 266 g/mol. The van der Waals surface area contributed by atoms with Gasteiger partial charge in [-0.1, -0.05) is 18.3 Å². The number of urea groups is 1. The van der Waals surface area contributed by atoms with Crippen LogP contribution in [-0.2, 0) is 6.42 Å². The van der Waals surface area contributed by atoms with Crippen molar-refractivity contribution in [2.45, 2.75) is 26.0 Å². The lowest BCUT2D eigenvalue weighted by atomic mass is 9.92. The van der Waals surface area contributed by atoms with Crippen molar-refractivity contribution in [1.82, 2.24) is 9.88 Å². The van der Waals surface area contributed by atoms with Gasteiger partial charge in [-0.3, -0.25) is 4.79 Å². The molecule has 2 atom stereocenters. The third-order valence-corrected chi connectivity index (χ3v) is 4.63. The van der Waals surface area contributed by atoms with Crippen molar-refractivity contribution in [2.24, 2.45) is 5.92 Å². The summed E-state index contributed by atoms with van der Waals surface area (Å²) in [7, 11) is 1.63. The quantitative estimate of drug-likeness (QED) is 0.836. The predicted octanol–water partition coefficient (Wildman–Crippen LogP) is 1.10. The van der Waals surface area contributed by atoms with Crippen LogP contribution in [0.25, 0.3) is 0 Å². The van der Waals surface area contributed by atoms with Crippen LogP contribution in [0.3, 0.4) is 0 Å². The molecule has 0 aromatic carbocycles. The van der Waals surface area contributed by atoms with E-state index in [4.69, 9.17) is 0 Å². The molecule has 2 aliphatic rings. The number of thiazole rings is 1. The number of Topliss-reactive ketones (excluding diaryl/α,β-unsaturated/α-hetero) is 1. The number of carbonyl (C=O) groups excluding carboxylic acids is 2. The summed E-state index contributed by atoms with van der Waals surface area (Å²) in [5.41, 5.74) is 0.762. The number of hydrogen-bond acceptors (Lipinski definition) is 5. The Morgan fingerprint density at radius 1 is 1.37 bits per heavy atom. The highest BCUT2D eigenvalue weighted by Crippen LogP contribution is 2.35. The lowest BCUT2D eigenvalue weighted by molar-refractivity contribution is 0.0957. The number of likely N-dealkylation sites (N-methyl/N-ethyl adjacent to an activating group) is 1.